The van der Waals surface area contributed by atoms with Gasteiger partial charge in [-0.05, 0) is 76.0 Å². The topological polar surface area (TPSA) is 55.1 Å². The first-order valence-corrected chi connectivity index (χ1v) is 19.4. The first kappa shape index (κ1) is 33.0. The summed E-state index contributed by atoms with van der Waals surface area (Å²) in [5, 5.41) is 4.43. The number of anilines is 3. The molecule has 0 saturated carbocycles. The van der Waals surface area contributed by atoms with Gasteiger partial charge in [0.25, 0.3) is 0 Å². The smallest absolute Gasteiger partial charge is 0.164 e. The maximum Gasteiger partial charge on any atom is 0.164 e. The number of hydrogen-bond donors (Lipinski definition) is 0. The van der Waals surface area contributed by atoms with E-state index in [2.05, 4.69) is 128 Å². The number of rotatable bonds is 6. The van der Waals surface area contributed by atoms with Crippen molar-refractivity contribution < 1.29 is 4.42 Å². The highest BCUT2D eigenvalue weighted by atomic mass is 16.3. The van der Waals surface area contributed by atoms with E-state index in [4.69, 9.17) is 19.4 Å². The molecule has 57 heavy (non-hydrogen) atoms. The van der Waals surface area contributed by atoms with E-state index in [0.717, 1.165) is 55.7 Å². The van der Waals surface area contributed by atoms with E-state index in [-0.39, 0.29) is 5.41 Å². The Labute approximate surface area is 330 Å². The normalized spacial score (nSPS) is 12.9. The Morgan fingerprint density at radius 1 is 0.439 bits per heavy atom. The molecule has 0 saturated heterocycles. The summed E-state index contributed by atoms with van der Waals surface area (Å²) in [5.74, 6) is 1.88. The Morgan fingerprint density at radius 3 is 1.81 bits per heavy atom. The second kappa shape index (κ2) is 12.9. The van der Waals surface area contributed by atoms with Crippen LogP contribution in [-0.4, -0.2) is 15.0 Å². The molecule has 11 rings (SSSR count). The fraction of sp³-hybridized carbons (Fsp3) is 0.0577. The number of benzene rings is 8. The Balaban J connectivity index is 1.07. The van der Waals surface area contributed by atoms with Gasteiger partial charge in [0.1, 0.15) is 11.2 Å². The number of nitrogens with zero attached hydrogens (tertiary/aromatic N) is 4. The van der Waals surface area contributed by atoms with Crippen molar-refractivity contribution in [1.82, 2.24) is 15.0 Å². The summed E-state index contributed by atoms with van der Waals surface area (Å²) in [7, 11) is 0. The first-order chi connectivity index (χ1) is 28.0. The molecule has 1 aliphatic rings. The zero-order valence-electron chi connectivity index (χ0n) is 31.5. The molecule has 1 aliphatic carbocycles. The number of fused-ring (bicyclic) bond motifs is 7. The van der Waals surface area contributed by atoms with Crippen LogP contribution < -0.4 is 4.90 Å². The Hall–Kier alpha value is -7.37. The third-order valence-electron chi connectivity index (χ3n) is 11.5. The molecule has 0 spiro atoms. The van der Waals surface area contributed by atoms with Crippen LogP contribution in [0.3, 0.4) is 0 Å². The van der Waals surface area contributed by atoms with Crippen LogP contribution in [0.25, 0.3) is 78.0 Å². The van der Waals surface area contributed by atoms with Crippen molar-refractivity contribution >= 4 is 49.8 Å². The minimum atomic E-state index is -0.125. The van der Waals surface area contributed by atoms with Crippen molar-refractivity contribution in [3.8, 4) is 45.3 Å². The van der Waals surface area contributed by atoms with Crippen LogP contribution in [0.15, 0.2) is 186 Å². The van der Waals surface area contributed by atoms with E-state index >= 15 is 0 Å². The van der Waals surface area contributed by atoms with E-state index in [9.17, 15) is 0 Å². The second-order valence-corrected chi connectivity index (χ2v) is 15.3. The third-order valence-corrected chi connectivity index (χ3v) is 11.5. The van der Waals surface area contributed by atoms with Gasteiger partial charge in [-0.1, -0.05) is 141 Å². The fourth-order valence-corrected chi connectivity index (χ4v) is 8.65. The molecule has 10 aromatic rings. The largest absolute Gasteiger partial charge is 0.456 e. The molecule has 5 heteroatoms. The molecule has 0 fully saturated rings. The maximum absolute atomic E-state index is 6.66. The Kier molecular flexibility index (Phi) is 7.45. The summed E-state index contributed by atoms with van der Waals surface area (Å²) in [6.07, 6.45) is 0. The summed E-state index contributed by atoms with van der Waals surface area (Å²) < 4.78 is 6.66. The fourth-order valence-electron chi connectivity index (χ4n) is 8.65. The molecule has 0 amide bonds. The van der Waals surface area contributed by atoms with Crippen LogP contribution in [0.1, 0.15) is 25.0 Å². The molecule has 5 nitrogen and oxygen atoms in total. The molecule has 0 atom stereocenters. The highest BCUT2D eigenvalue weighted by Crippen LogP contribution is 2.54. The minimum Gasteiger partial charge on any atom is -0.456 e. The standard InChI is InChI=1S/C52H36N4O/c1-52(2)43-21-12-11-20-41(43)48-44(52)22-13-23-45(48)56(38-26-24-33-14-9-10-19-36(33)30-38)39-27-28-40-42-31-37(25-29-46(42)57-47(40)32-39)51-54-49(34-15-5-3-6-16-34)53-50(55-51)35-17-7-4-8-18-35/h3-32H,1-2H3. The van der Waals surface area contributed by atoms with Crippen molar-refractivity contribution in [3.63, 3.8) is 0 Å². The molecule has 2 aromatic heterocycles. The van der Waals surface area contributed by atoms with Crippen molar-refractivity contribution in [2.45, 2.75) is 19.3 Å². The molecule has 0 unspecified atom stereocenters. The van der Waals surface area contributed by atoms with E-state index < -0.39 is 0 Å². The van der Waals surface area contributed by atoms with E-state index in [0.29, 0.717) is 17.5 Å². The first-order valence-electron chi connectivity index (χ1n) is 19.4. The van der Waals surface area contributed by atoms with Crippen molar-refractivity contribution in [1.29, 1.82) is 0 Å². The third kappa shape index (κ3) is 5.42. The number of hydrogen-bond acceptors (Lipinski definition) is 5. The summed E-state index contributed by atoms with van der Waals surface area (Å²) >= 11 is 0. The van der Waals surface area contributed by atoms with Crippen LogP contribution in [0, 0.1) is 0 Å². The summed E-state index contributed by atoms with van der Waals surface area (Å²) in [6.45, 7) is 4.66. The van der Waals surface area contributed by atoms with Gasteiger partial charge in [-0.3, -0.25) is 0 Å². The molecular weight excluding hydrogens is 697 g/mol. The zero-order chi connectivity index (χ0) is 38.1. The SMILES string of the molecule is CC1(C)c2ccccc2-c2c(N(c3ccc4ccccc4c3)c3ccc4c(c3)oc3ccc(-c5nc(-c6ccccc6)nc(-c6ccccc6)n5)cc34)cccc21. The minimum absolute atomic E-state index is 0.125. The lowest BCUT2D eigenvalue weighted by Gasteiger charge is -2.29. The molecular formula is C52H36N4O. The molecule has 0 N–H and O–H groups in total. The molecule has 0 radical (unpaired) electrons. The molecule has 270 valence electrons. The van der Waals surface area contributed by atoms with E-state index in [1.165, 1.54) is 33.0 Å². The van der Waals surface area contributed by atoms with Crippen LogP contribution in [-0.2, 0) is 5.41 Å². The van der Waals surface area contributed by atoms with Gasteiger partial charge in [-0.2, -0.15) is 0 Å². The van der Waals surface area contributed by atoms with Gasteiger partial charge < -0.3 is 9.32 Å². The maximum atomic E-state index is 6.66. The predicted molar refractivity (Wildman–Crippen MR) is 233 cm³/mol. The predicted octanol–water partition coefficient (Wildman–Crippen LogP) is 13.7. The Bertz CT molecular complexity index is 3110. The van der Waals surface area contributed by atoms with E-state index in [1.54, 1.807) is 0 Å². The monoisotopic (exact) mass is 732 g/mol. The number of furan rings is 1. The average Bonchev–Trinajstić information content (AvgIpc) is 3.75. The number of aromatic nitrogens is 3. The van der Waals surface area contributed by atoms with Crippen LogP contribution in [0.2, 0.25) is 0 Å². The van der Waals surface area contributed by atoms with Gasteiger partial charge >= 0.3 is 0 Å². The van der Waals surface area contributed by atoms with Gasteiger partial charge in [0.2, 0.25) is 0 Å². The quantitative estimate of drug-likeness (QED) is 0.170. The molecule has 0 aliphatic heterocycles. The van der Waals surface area contributed by atoms with Gasteiger partial charge in [-0.15, -0.1) is 0 Å². The second-order valence-electron chi connectivity index (χ2n) is 15.3. The van der Waals surface area contributed by atoms with E-state index in [1.807, 2.05) is 72.8 Å². The molecule has 8 aromatic carbocycles. The highest BCUT2D eigenvalue weighted by Gasteiger charge is 2.37. The van der Waals surface area contributed by atoms with Crippen molar-refractivity contribution in [2.75, 3.05) is 4.90 Å². The highest BCUT2D eigenvalue weighted by molar-refractivity contribution is 6.08. The lowest BCUT2D eigenvalue weighted by Crippen LogP contribution is -2.16. The van der Waals surface area contributed by atoms with Crippen molar-refractivity contribution in [2.24, 2.45) is 0 Å². The lowest BCUT2D eigenvalue weighted by atomic mass is 9.82. The zero-order valence-corrected chi connectivity index (χ0v) is 31.5. The molecule has 0 bridgehead atoms. The van der Waals surface area contributed by atoms with Gasteiger partial charge in [0.05, 0.1) is 5.69 Å². The average molecular weight is 733 g/mol. The van der Waals surface area contributed by atoms with Crippen LogP contribution >= 0.6 is 0 Å². The van der Waals surface area contributed by atoms with Crippen molar-refractivity contribution in [3.05, 3.63) is 193 Å². The van der Waals surface area contributed by atoms with Gasteiger partial charge in [0.15, 0.2) is 17.5 Å². The van der Waals surface area contributed by atoms with Gasteiger partial charge in [-0.25, -0.2) is 15.0 Å². The summed E-state index contributed by atoms with van der Waals surface area (Å²) in [4.78, 5) is 17.3. The van der Waals surface area contributed by atoms with Crippen LogP contribution in [0.5, 0.6) is 0 Å². The lowest BCUT2D eigenvalue weighted by molar-refractivity contribution is 0.660. The Morgan fingerprint density at radius 2 is 1.05 bits per heavy atom. The van der Waals surface area contributed by atoms with Gasteiger partial charge in [0, 0.05) is 55.9 Å². The molecule has 2 heterocycles. The van der Waals surface area contributed by atoms with Crippen LogP contribution in [0.4, 0.5) is 17.1 Å². The summed E-state index contributed by atoms with van der Waals surface area (Å²) in [5.41, 5.74) is 12.7. The summed E-state index contributed by atoms with van der Waals surface area (Å²) in [6, 6.07) is 63.8.